The van der Waals surface area contributed by atoms with Crippen LogP contribution in [0, 0.1) is 0 Å². The van der Waals surface area contributed by atoms with Crippen molar-refractivity contribution in [2.45, 2.75) is 50.1 Å². The van der Waals surface area contributed by atoms with Crippen molar-refractivity contribution >= 4 is 14.3 Å². The normalized spacial score (nSPS) is 49.2. The van der Waals surface area contributed by atoms with E-state index < -0.39 is 37.7 Å². The SMILES string of the molecule is CCCP1(=O)C(O)C(O)P(=O)(CCC)C(O)C1O. The van der Waals surface area contributed by atoms with Gasteiger partial charge in [-0.05, 0) is 12.8 Å². The van der Waals surface area contributed by atoms with Gasteiger partial charge in [-0.1, -0.05) is 13.8 Å². The van der Waals surface area contributed by atoms with Gasteiger partial charge < -0.3 is 29.6 Å². The minimum atomic E-state index is -3.57. The third-order valence-corrected chi connectivity index (χ3v) is 10.9. The molecule has 0 bridgehead atoms. The zero-order chi connectivity index (χ0) is 14.1. The fourth-order valence-electron chi connectivity index (χ4n) is 2.44. The molecule has 8 heteroatoms. The second-order valence-electron chi connectivity index (χ2n) is 4.81. The zero-order valence-corrected chi connectivity index (χ0v) is 12.4. The highest BCUT2D eigenvalue weighted by Gasteiger charge is 2.60. The average molecular weight is 300 g/mol. The average Bonchev–Trinajstić information content (AvgIpc) is 2.34. The fraction of sp³-hybridized carbons (Fsp3) is 1.00. The molecule has 0 amide bonds. The Kier molecular flexibility index (Phi) is 5.21. The summed E-state index contributed by atoms with van der Waals surface area (Å²) in [6.07, 6.45) is 0.886. The molecule has 1 aliphatic rings. The van der Waals surface area contributed by atoms with Gasteiger partial charge in [-0.3, -0.25) is 0 Å². The van der Waals surface area contributed by atoms with Gasteiger partial charge in [0.05, 0.1) is 0 Å². The zero-order valence-electron chi connectivity index (χ0n) is 10.6. The first kappa shape index (κ1) is 16.4. The molecular formula is C10H22O6P2. The Labute approximate surface area is 107 Å². The van der Waals surface area contributed by atoms with Crippen molar-refractivity contribution in [2.24, 2.45) is 0 Å². The molecule has 18 heavy (non-hydrogen) atoms. The van der Waals surface area contributed by atoms with E-state index in [1.807, 2.05) is 0 Å². The minimum Gasteiger partial charge on any atom is -0.382 e. The molecule has 1 saturated heterocycles. The first-order valence-electron chi connectivity index (χ1n) is 6.14. The molecule has 0 radical (unpaired) electrons. The van der Waals surface area contributed by atoms with Crippen molar-refractivity contribution in [3.05, 3.63) is 0 Å². The number of aliphatic hydroxyl groups is 4. The van der Waals surface area contributed by atoms with Crippen LogP contribution >= 0.6 is 14.3 Å². The highest BCUT2D eigenvalue weighted by atomic mass is 31.2. The Morgan fingerprint density at radius 1 is 0.722 bits per heavy atom. The van der Waals surface area contributed by atoms with Crippen molar-refractivity contribution < 1.29 is 29.6 Å². The fourth-order valence-corrected chi connectivity index (χ4v) is 10.0. The molecule has 1 fully saturated rings. The van der Waals surface area contributed by atoms with Gasteiger partial charge in [-0.2, -0.15) is 0 Å². The maximum atomic E-state index is 12.5. The van der Waals surface area contributed by atoms with E-state index in [0.29, 0.717) is 12.8 Å². The Morgan fingerprint density at radius 2 is 0.944 bits per heavy atom. The topological polar surface area (TPSA) is 115 Å². The van der Waals surface area contributed by atoms with Gasteiger partial charge in [-0.15, -0.1) is 0 Å². The number of hydrogen-bond donors (Lipinski definition) is 4. The molecule has 6 nitrogen and oxygen atoms in total. The summed E-state index contributed by atoms with van der Waals surface area (Å²) in [5.41, 5.74) is 0. The van der Waals surface area contributed by atoms with E-state index in [4.69, 9.17) is 0 Å². The van der Waals surface area contributed by atoms with Crippen LogP contribution in [0.25, 0.3) is 0 Å². The van der Waals surface area contributed by atoms with E-state index >= 15 is 0 Å². The molecule has 4 unspecified atom stereocenters. The Morgan fingerprint density at radius 3 is 1.11 bits per heavy atom. The van der Waals surface area contributed by atoms with Crippen LogP contribution in [0.3, 0.4) is 0 Å². The highest BCUT2D eigenvalue weighted by Crippen LogP contribution is 2.72. The monoisotopic (exact) mass is 300 g/mol. The van der Waals surface area contributed by atoms with Crippen LogP contribution in [0.2, 0.25) is 0 Å². The third kappa shape index (κ3) is 2.35. The van der Waals surface area contributed by atoms with Gasteiger partial charge in [0, 0.05) is 12.3 Å². The molecule has 1 rings (SSSR count). The van der Waals surface area contributed by atoms with Gasteiger partial charge in [0.25, 0.3) is 0 Å². The van der Waals surface area contributed by atoms with E-state index in [1.165, 1.54) is 0 Å². The molecule has 0 spiro atoms. The second-order valence-corrected chi connectivity index (χ2v) is 11.2. The summed E-state index contributed by atoms with van der Waals surface area (Å²) in [6, 6.07) is 0. The number of rotatable bonds is 4. The lowest BCUT2D eigenvalue weighted by atomic mass is 10.6. The summed E-state index contributed by atoms with van der Waals surface area (Å²) < 4.78 is 24.9. The molecule has 1 aliphatic heterocycles. The summed E-state index contributed by atoms with van der Waals surface area (Å²) in [7, 11) is -7.15. The standard InChI is InChI=1S/C10H22O6P2/c1-3-5-17(15)7(11)9(13)18(16,6-4-2)10(14)8(17)12/h7-14H,3-6H2,1-2H3. The predicted octanol–water partition coefficient (Wildman–Crippen LogP) is 0.820. The van der Waals surface area contributed by atoms with Gasteiger partial charge >= 0.3 is 0 Å². The van der Waals surface area contributed by atoms with Crippen LogP contribution < -0.4 is 0 Å². The largest absolute Gasteiger partial charge is 0.382 e. The molecule has 4 N–H and O–H groups in total. The van der Waals surface area contributed by atoms with Crippen molar-refractivity contribution in [1.82, 2.24) is 0 Å². The van der Waals surface area contributed by atoms with Crippen LogP contribution in [0.4, 0.5) is 0 Å². The maximum absolute atomic E-state index is 12.5. The molecule has 1 heterocycles. The lowest BCUT2D eigenvalue weighted by Gasteiger charge is -2.44. The minimum absolute atomic E-state index is 0.00950. The van der Waals surface area contributed by atoms with Crippen LogP contribution in [0.15, 0.2) is 0 Å². The van der Waals surface area contributed by atoms with E-state index in [0.717, 1.165) is 0 Å². The third-order valence-electron chi connectivity index (χ3n) is 3.47. The first-order chi connectivity index (χ1) is 8.25. The molecule has 0 aliphatic carbocycles. The van der Waals surface area contributed by atoms with Crippen molar-refractivity contribution in [3.8, 4) is 0 Å². The Hall–Kier alpha value is 0.300. The van der Waals surface area contributed by atoms with Crippen LogP contribution in [-0.2, 0) is 9.13 Å². The van der Waals surface area contributed by atoms with E-state index in [-0.39, 0.29) is 12.3 Å². The molecule has 0 aromatic heterocycles. The van der Waals surface area contributed by atoms with Gasteiger partial charge in [0.15, 0.2) is 0 Å². The summed E-state index contributed by atoms with van der Waals surface area (Å²) in [5.74, 6) is -6.86. The summed E-state index contributed by atoms with van der Waals surface area (Å²) in [6.45, 7) is 3.44. The lowest BCUT2D eigenvalue weighted by Crippen LogP contribution is -2.45. The Balaban J connectivity index is 3.19. The highest BCUT2D eigenvalue weighted by molar-refractivity contribution is 7.72. The van der Waals surface area contributed by atoms with Crippen molar-refractivity contribution in [3.63, 3.8) is 0 Å². The molecule has 108 valence electrons. The van der Waals surface area contributed by atoms with E-state index in [1.54, 1.807) is 13.8 Å². The second kappa shape index (κ2) is 5.74. The smallest absolute Gasteiger partial charge is 0.148 e. The van der Waals surface area contributed by atoms with Crippen molar-refractivity contribution in [1.29, 1.82) is 0 Å². The molecule has 0 aromatic rings. The van der Waals surface area contributed by atoms with E-state index in [2.05, 4.69) is 0 Å². The van der Waals surface area contributed by atoms with Crippen LogP contribution in [-0.4, -0.2) is 56.1 Å². The van der Waals surface area contributed by atoms with Gasteiger partial charge in [-0.25, -0.2) is 0 Å². The number of aliphatic hydroxyl groups excluding tert-OH is 4. The molecule has 4 atom stereocenters. The van der Waals surface area contributed by atoms with Crippen molar-refractivity contribution in [2.75, 3.05) is 12.3 Å². The van der Waals surface area contributed by atoms with Gasteiger partial charge in [0.1, 0.15) is 37.7 Å². The molecular weight excluding hydrogens is 278 g/mol. The van der Waals surface area contributed by atoms with Crippen LogP contribution in [0.1, 0.15) is 26.7 Å². The van der Waals surface area contributed by atoms with Crippen LogP contribution in [0.5, 0.6) is 0 Å². The van der Waals surface area contributed by atoms with E-state index in [9.17, 15) is 29.6 Å². The summed E-state index contributed by atoms with van der Waals surface area (Å²) in [4.78, 5) is 0. The first-order valence-corrected chi connectivity index (χ1v) is 10.2. The quantitative estimate of drug-likeness (QED) is 0.571. The summed E-state index contributed by atoms with van der Waals surface area (Å²) in [5, 5.41) is 39.7. The summed E-state index contributed by atoms with van der Waals surface area (Å²) >= 11 is 0. The van der Waals surface area contributed by atoms with Gasteiger partial charge in [0.2, 0.25) is 0 Å². The molecule has 0 aromatic carbocycles. The lowest BCUT2D eigenvalue weighted by molar-refractivity contribution is 0.0623. The predicted molar refractivity (Wildman–Crippen MR) is 69.6 cm³/mol. The molecule has 0 saturated carbocycles. The maximum Gasteiger partial charge on any atom is 0.148 e. The Bertz CT molecular complexity index is 325. The number of hydrogen-bond acceptors (Lipinski definition) is 6.